The average Bonchev–Trinajstić information content (AvgIpc) is 3.17. The van der Waals surface area contributed by atoms with Gasteiger partial charge >= 0.3 is 0 Å². The second-order valence-electron chi connectivity index (χ2n) is 7.34. The largest absolute Gasteiger partial charge is 0.378 e. The van der Waals surface area contributed by atoms with E-state index < -0.39 is 0 Å². The number of hydrogen-bond donors (Lipinski definition) is 2. The number of benzene rings is 2. The summed E-state index contributed by atoms with van der Waals surface area (Å²) >= 11 is 0. The minimum Gasteiger partial charge on any atom is -0.378 e. The normalized spacial score (nSPS) is 17.3. The van der Waals surface area contributed by atoms with Gasteiger partial charge < -0.3 is 20.3 Å². The minimum atomic E-state index is -0.302. The SMILES string of the molecule is C[C@@H](Nc1ccc2c(c1)CCC2)C(=O)Nc1ccc(N2CCOCC2)cc1. The molecule has 1 amide bonds. The summed E-state index contributed by atoms with van der Waals surface area (Å²) in [6.45, 7) is 5.25. The van der Waals surface area contributed by atoms with Crippen LogP contribution in [-0.2, 0) is 22.4 Å². The Morgan fingerprint density at radius 1 is 1.00 bits per heavy atom. The van der Waals surface area contributed by atoms with Crippen molar-refractivity contribution < 1.29 is 9.53 Å². The molecule has 0 bridgehead atoms. The zero-order valence-corrected chi connectivity index (χ0v) is 15.8. The molecule has 0 unspecified atom stereocenters. The summed E-state index contributed by atoms with van der Waals surface area (Å²) < 4.78 is 5.39. The highest BCUT2D eigenvalue weighted by atomic mass is 16.5. The molecule has 4 rings (SSSR count). The number of hydrogen-bond acceptors (Lipinski definition) is 4. The fourth-order valence-corrected chi connectivity index (χ4v) is 3.80. The second-order valence-corrected chi connectivity index (χ2v) is 7.34. The second kappa shape index (κ2) is 8.01. The van der Waals surface area contributed by atoms with Gasteiger partial charge in [-0.3, -0.25) is 4.79 Å². The van der Waals surface area contributed by atoms with Crippen molar-refractivity contribution in [3.8, 4) is 0 Å². The molecule has 5 heteroatoms. The molecule has 1 atom stereocenters. The summed E-state index contributed by atoms with van der Waals surface area (Å²) in [4.78, 5) is 14.8. The van der Waals surface area contributed by atoms with Crippen molar-refractivity contribution in [2.24, 2.45) is 0 Å². The van der Waals surface area contributed by atoms with Crippen LogP contribution < -0.4 is 15.5 Å². The lowest BCUT2D eigenvalue weighted by molar-refractivity contribution is -0.116. The first-order chi connectivity index (χ1) is 13.2. The van der Waals surface area contributed by atoms with Crippen molar-refractivity contribution in [1.29, 1.82) is 0 Å². The molecule has 2 aromatic carbocycles. The van der Waals surface area contributed by atoms with E-state index in [-0.39, 0.29) is 11.9 Å². The number of carbonyl (C=O) groups is 1. The van der Waals surface area contributed by atoms with Gasteiger partial charge in [-0.2, -0.15) is 0 Å². The molecule has 5 nitrogen and oxygen atoms in total. The van der Waals surface area contributed by atoms with Crippen molar-refractivity contribution >= 4 is 23.0 Å². The number of amides is 1. The van der Waals surface area contributed by atoms with Crippen LogP contribution in [0.3, 0.4) is 0 Å². The van der Waals surface area contributed by atoms with Gasteiger partial charge in [0, 0.05) is 30.2 Å². The van der Waals surface area contributed by atoms with Crippen molar-refractivity contribution in [2.45, 2.75) is 32.2 Å². The van der Waals surface area contributed by atoms with E-state index in [4.69, 9.17) is 4.74 Å². The summed E-state index contributed by atoms with van der Waals surface area (Å²) in [5.41, 5.74) is 5.85. The quantitative estimate of drug-likeness (QED) is 0.852. The average molecular weight is 365 g/mol. The van der Waals surface area contributed by atoms with Crippen molar-refractivity contribution in [1.82, 2.24) is 0 Å². The van der Waals surface area contributed by atoms with E-state index in [9.17, 15) is 4.79 Å². The van der Waals surface area contributed by atoms with E-state index in [0.29, 0.717) is 0 Å². The number of nitrogens with zero attached hydrogens (tertiary/aromatic N) is 1. The summed E-state index contributed by atoms with van der Waals surface area (Å²) in [7, 11) is 0. The molecule has 0 aromatic heterocycles. The highest BCUT2D eigenvalue weighted by Crippen LogP contribution is 2.25. The third-order valence-corrected chi connectivity index (χ3v) is 5.39. The summed E-state index contributed by atoms with van der Waals surface area (Å²) in [5, 5.41) is 6.32. The van der Waals surface area contributed by atoms with Gasteiger partial charge in [-0.1, -0.05) is 6.07 Å². The molecule has 0 spiro atoms. The first-order valence-electron chi connectivity index (χ1n) is 9.81. The zero-order valence-electron chi connectivity index (χ0n) is 15.8. The molecule has 2 aromatic rings. The standard InChI is InChI=1S/C22H27N3O2/c1-16(23-20-6-5-17-3-2-4-18(17)15-20)22(26)24-19-7-9-21(10-8-19)25-11-13-27-14-12-25/h5-10,15-16,23H,2-4,11-14H2,1H3,(H,24,26)/t16-/m1/s1. The summed E-state index contributed by atoms with van der Waals surface area (Å²) in [6.07, 6.45) is 3.54. The van der Waals surface area contributed by atoms with Crippen LogP contribution in [0, 0.1) is 0 Å². The number of aryl methyl sites for hydroxylation is 2. The Labute approximate surface area is 160 Å². The molecular weight excluding hydrogens is 338 g/mol. The van der Waals surface area contributed by atoms with E-state index >= 15 is 0 Å². The van der Waals surface area contributed by atoms with Gasteiger partial charge in [-0.05, 0) is 73.7 Å². The Hall–Kier alpha value is -2.53. The van der Waals surface area contributed by atoms with Crippen molar-refractivity contribution in [3.05, 3.63) is 53.6 Å². The molecule has 0 radical (unpaired) electrons. The maximum Gasteiger partial charge on any atom is 0.246 e. The van der Waals surface area contributed by atoms with Gasteiger partial charge in [-0.15, -0.1) is 0 Å². The number of carbonyl (C=O) groups excluding carboxylic acids is 1. The number of morpholine rings is 1. The predicted molar refractivity (Wildman–Crippen MR) is 110 cm³/mol. The Morgan fingerprint density at radius 3 is 2.48 bits per heavy atom. The molecular formula is C22H27N3O2. The van der Waals surface area contributed by atoms with Gasteiger partial charge in [0.25, 0.3) is 0 Å². The molecule has 1 saturated heterocycles. The maximum absolute atomic E-state index is 12.5. The Balaban J connectivity index is 1.34. The molecule has 1 heterocycles. The number of anilines is 3. The topological polar surface area (TPSA) is 53.6 Å². The van der Waals surface area contributed by atoms with Gasteiger partial charge in [0.05, 0.1) is 13.2 Å². The van der Waals surface area contributed by atoms with Crippen LogP contribution in [-0.4, -0.2) is 38.3 Å². The molecule has 1 aliphatic heterocycles. The molecule has 2 N–H and O–H groups in total. The van der Waals surface area contributed by atoms with E-state index in [1.54, 1.807) is 0 Å². The fourth-order valence-electron chi connectivity index (χ4n) is 3.80. The summed E-state index contributed by atoms with van der Waals surface area (Å²) in [5.74, 6) is -0.0328. The van der Waals surface area contributed by atoms with Crippen LogP contribution >= 0.6 is 0 Å². The predicted octanol–water partition coefficient (Wildman–Crippen LogP) is 3.45. The summed E-state index contributed by atoms with van der Waals surface area (Å²) in [6, 6.07) is 14.2. The van der Waals surface area contributed by atoms with Crippen LogP contribution in [0.25, 0.3) is 0 Å². The fraction of sp³-hybridized carbons (Fsp3) is 0.409. The first-order valence-corrected chi connectivity index (χ1v) is 9.81. The third-order valence-electron chi connectivity index (χ3n) is 5.39. The van der Waals surface area contributed by atoms with Gasteiger partial charge in [0.1, 0.15) is 6.04 Å². The van der Waals surface area contributed by atoms with Crippen LogP contribution in [0.15, 0.2) is 42.5 Å². The molecule has 142 valence electrons. The van der Waals surface area contributed by atoms with Crippen molar-refractivity contribution in [3.63, 3.8) is 0 Å². The van der Waals surface area contributed by atoms with E-state index in [1.807, 2.05) is 19.1 Å². The molecule has 2 aliphatic rings. The smallest absolute Gasteiger partial charge is 0.246 e. The number of fused-ring (bicyclic) bond motifs is 1. The lowest BCUT2D eigenvalue weighted by Crippen LogP contribution is -2.36. The van der Waals surface area contributed by atoms with Gasteiger partial charge in [0.2, 0.25) is 5.91 Å². The Kier molecular flexibility index (Phi) is 5.30. The molecule has 1 aliphatic carbocycles. The van der Waals surface area contributed by atoms with Gasteiger partial charge in [0.15, 0.2) is 0 Å². The number of nitrogens with one attached hydrogen (secondary N) is 2. The molecule has 27 heavy (non-hydrogen) atoms. The highest BCUT2D eigenvalue weighted by Gasteiger charge is 2.16. The van der Waals surface area contributed by atoms with Crippen LogP contribution in [0.2, 0.25) is 0 Å². The van der Waals surface area contributed by atoms with Crippen LogP contribution in [0.5, 0.6) is 0 Å². The number of ether oxygens (including phenoxy) is 1. The monoisotopic (exact) mass is 365 g/mol. The van der Waals surface area contributed by atoms with E-state index in [2.05, 4.69) is 45.9 Å². The van der Waals surface area contributed by atoms with Crippen LogP contribution in [0.1, 0.15) is 24.5 Å². The lowest BCUT2D eigenvalue weighted by atomic mass is 10.1. The Morgan fingerprint density at radius 2 is 1.70 bits per heavy atom. The molecule has 1 fully saturated rings. The maximum atomic E-state index is 12.5. The first kappa shape index (κ1) is 17.9. The van der Waals surface area contributed by atoms with E-state index in [1.165, 1.54) is 29.7 Å². The van der Waals surface area contributed by atoms with E-state index in [0.717, 1.165) is 44.1 Å². The number of rotatable bonds is 5. The van der Waals surface area contributed by atoms with Crippen LogP contribution in [0.4, 0.5) is 17.1 Å². The zero-order chi connectivity index (χ0) is 18.6. The van der Waals surface area contributed by atoms with Gasteiger partial charge in [-0.25, -0.2) is 0 Å². The van der Waals surface area contributed by atoms with Crippen molar-refractivity contribution in [2.75, 3.05) is 41.8 Å². The molecule has 0 saturated carbocycles. The minimum absolute atomic E-state index is 0.0328. The lowest BCUT2D eigenvalue weighted by Gasteiger charge is -2.29. The highest BCUT2D eigenvalue weighted by molar-refractivity contribution is 5.96. The third kappa shape index (κ3) is 4.25. The Bertz CT molecular complexity index is 798.